The predicted octanol–water partition coefficient (Wildman–Crippen LogP) is 4.10. The van der Waals surface area contributed by atoms with Crippen LogP contribution in [0.4, 0.5) is 4.79 Å². The van der Waals surface area contributed by atoms with Gasteiger partial charge < -0.3 is 14.2 Å². The van der Waals surface area contributed by atoms with E-state index in [4.69, 9.17) is 20.9 Å². The van der Waals surface area contributed by atoms with Crippen LogP contribution in [0.1, 0.15) is 0 Å². The summed E-state index contributed by atoms with van der Waals surface area (Å²) in [4.78, 5) is 21.2. The van der Waals surface area contributed by atoms with Gasteiger partial charge >= 0.3 is 13.3 Å². The minimum Gasteiger partial charge on any atom is -0.417 e. The minimum absolute atomic E-state index is 0.0465. The molecule has 7 heteroatoms. The summed E-state index contributed by atoms with van der Waals surface area (Å²) in [5, 5.41) is 0.442. The third kappa shape index (κ3) is 3.84. The van der Waals surface area contributed by atoms with Crippen molar-refractivity contribution in [2.45, 2.75) is 0 Å². The van der Waals surface area contributed by atoms with Crippen molar-refractivity contribution in [3.63, 3.8) is 0 Å². The van der Waals surface area contributed by atoms with Crippen LogP contribution >= 0.6 is 19.2 Å². The molecule has 104 valence electrons. The Morgan fingerprint density at radius 2 is 1.60 bits per heavy atom. The molecule has 0 fully saturated rings. The second-order valence-electron chi connectivity index (χ2n) is 3.75. The molecule has 0 saturated carbocycles. The van der Waals surface area contributed by atoms with Crippen LogP contribution in [0.2, 0.25) is 5.02 Å². The lowest BCUT2D eigenvalue weighted by atomic mass is 10.3. The van der Waals surface area contributed by atoms with E-state index in [9.17, 15) is 14.3 Å². The number of halogens is 1. The molecule has 0 saturated heterocycles. The summed E-state index contributed by atoms with van der Waals surface area (Å²) in [6, 6.07) is 13.7. The third-order valence-corrected chi connectivity index (χ3v) is 3.48. The molecular weight excluding hydrogens is 303 g/mol. The van der Waals surface area contributed by atoms with E-state index in [1.807, 2.05) is 0 Å². The molecule has 2 aromatic carbocycles. The van der Waals surface area contributed by atoms with Crippen molar-refractivity contribution >= 4 is 24.9 Å². The average molecular weight is 313 g/mol. The number of carbonyl (C=O) groups excluding carboxylic acids is 1. The molecular formula is C13H10ClO5P. The highest BCUT2D eigenvalue weighted by Gasteiger charge is 2.35. The van der Waals surface area contributed by atoms with Crippen LogP contribution in [0.15, 0.2) is 54.6 Å². The molecule has 0 radical (unpaired) electrons. The van der Waals surface area contributed by atoms with Gasteiger partial charge in [0.25, 0.3) is 0 Å². The standard InChI is InChI=1S/C13H10ClO5P/c14-10-6-8-12(9-7-10)19-20(16,17)13(15)18-11-4-2-1-3-5-11/h1-9H,(H,16,17). The maximum absolute atomic E-state index is 11.8. The lowest BCUT2D eigenvalue weighted by Gasteiger charge is -2.12. The molecule has 20 heavy (non-hydrogen) atoms. The number of ether oxygens (including phenoxy) is 1. The first-order chi connectivity index (χ1) is 9.47. The number of hydrogen-bond acceptors (Lipinski definition) is 4. The van der Waals surface area contributed by atoms with E-state index >= 15 is 0 Å². The van der Waals surface area contributed by atoms with Crippen molar-refractivity contribution in [3.8, 4) is 11.5 Å². The molecule has 0 amide bonds. The molecule has 0 aromatic heterocycles. The molecule has 0 spiro atoms. The molecule has 1 N–H and O–H groups in total. The van der Waals surface area contributed by atoms with E-state index in [2.05, 4.69) is 0 Å². The normalized spacial score (nSPS) is 13.3. The fraction of sp³-hybridized carbons (Fsp3) is 0. The second kappa shape index (κ2) is 6.09. The molecule has 5 nitrogen and oxygen atoms in total. The SMILES string of the molecule is O=C(Oc1ccccc1)P(=O)(O)Oc1ccc(Cl)cc1. The molecule has 1 unspecified atom stereocenters. The summed E-state index contributed by atoms with van der Waals surface area (Å²) in [5.41, 5.74) is -1.35. The quantitative estimate of drug-likeness (QED) is 0.860. The van der Waals surface area contributed by atoms with Crippen LogP contribution in [-0.4, -0.2) is 10.6 Å². The topological polar surface area (TPSA) is 72.8 Å². The van der Waals surface area contributed by atoms with Gasteiger partial charge in [-0.25, -0.2) is 9.36 Å². The van der Waals surface area contributed by atoms with Gasteiger partial charge in [0.05, 0.1) is 0 Å². The summed E-state index contributed by atoms with van der Waals surface area (Å²) in [7, 11) is -4.59. The molecule has 0 aliphatic carbocycles. The number of para-hydroxylation sites is 1. The summed E-state index contributed by atoms with van der Waals surface area (Å²) in [6.45, 7) is 0. The largest absolute Gasteiger partial charge is 0.485 e. The molecule has 2 aromatic rings. The van der Waals surface area contributed by atoms with Gasteiger partial charge in [0.2, 0.25) is 0 Å². The molecule has 0 heterocycles. The Hall–Kier alpha value is -1.81. The predicted molar refractivity (Wildman–Crippen MR) is 74.4 cm³/mol. The van der Waals surface area contributed by atoms with Gasteiger partial charge in [0.15, 0.2) is 0 Å². The van der Waals surface area contributed by atoms with Crippen LogP contribution in [0.25, 0.3) is 0 Å². The Bertz CT molecular complexity index is 642. The Kier molecular flexibility index (Phi) is 4.45. The molecule has 0 aliphatic rings. The molecule has 0 aliphatic heterocycles. The number of benzene rings is 2. The molecule has 0 bridgehead atoms. The monoisotopic (exact) mass is 312 g/mol. The highest BCUT2D eigenvalue weighted by atomic mass is 35.5. The fourth-order valence-corrected chi connectivity index (χ4v) is 2.15. The summed E-state index contributed by atoms with van der Waals surface area (Å²) < 4.78 is 21.3. The van der Waals surface area contributed by atoms with E-state index in [0.29, 0.717) is 5.02 Å². The zero-order valence-electron chi connectivity index (χ0n) is 10.1. The van der Waals surface area contributed by atoms with Crippen molar-refractivity contribution in [2.24, 2.45) is 0 Å². The zero-order chi connectivity index (χ0) is 14.6. The van der Waals surface area contributed by atoms with E-state index in [1.165, 1.54) is 36.4 Å². The van der Waals surface area contributed by atoms with E-state index in [-0.39, 0.29) is 11.5 Å². The number of rotatable bonds is 4. The van der Waals surface area contributed by atoms with Crippen molar-refractivity contribution in [2.75, 3.05) is 0 Å². The summed E-state index contributed by atoms with van der Waals surface area (Å²) in [6.07, 6.45) is 0. The molecule has 2 rings (SSSR count). The second-order valence-corrected chi connectivity index (χ2v) is 5.77. The zero-order valence-corrected chi connectivity index (χ0v) is 11.8. The lowest BCUT2D eigenvalue weighted by molar-refractivity contribution is 0.214. The maximum atomic E-state index is 11.8. The van der Waals surface area contributed by atoms with Crippen molar-refractivity contribution in [1.82, 2.24) is 0 Å². The van der Waals surface area contributed by atoms with Gasteiger partial charge in [-0.3, -0.25) is 0 Å². The van der Waals surface area contributed by atoms with E-state index in [1.54, 1.807) is 18.2 Å². The van der Waals surface area contributed by atoms with E-state index < -0.39 is 13.3 Å². The van der Waals surface area contributed by atoms with Gasteiger partial charge in [0, 0.05) is 5.02 Å². The van der Waals surface area contributed by atoms with Gasteiger partial charge in [-0.2, -0.15) is 0 Å². The van der Waals surface area contributed by atoms with Crippen molar-refractivity contribution < 1.29 is 23.5 Å². The Balaban J connectivity index is 2.08. The highest BCUT2D eigenvalue weighted by molar-refractivity contribution is 7.70. The Labute approximate surface area is 120 Å². The van der Waals surface area contributed by atoms with Gasteiger partial charge in [-0.15, -0.1) is 0 Å². The van der Waals surface area contributed by atoms with Crippen LogP contribution in [0, 0.1) is 0 Å². The summed E-state index contributed by atoms with van der Waals surface area (Å²) in [5.74, 6) is 0.205. The van der Waals surface area contributed by atoms with Crippen molar-refractivity contribution in [1.29, 1.82) is 0 Å². The number of hydrogen-bond donors (Lipinski definition) is 1. The minimum atomic E-state index is -4.59. The maximum Gasteiger partial charge on any atom is 0.485 e. The number of carbonyl (C=O) groups is 1. The van der Waals surface area contributed by atoms with Crippen LogP contribution in [-0.2, 0) is 4.57 Å². The van der Waals surface area contributed by atoms with Gasteiger partial charge in [-0.1, -0.05) is 29.8 Å². The third-order valence-electron chi connectivity index (χ3n) is 2.22. The first-order valence-corrected chi connectivity index (χ1v) is 7.48. The van der Waals surface area contributed by atoms with E-state index in [0.717, 1.165) is 0 Å². The lowest BCUT2D eigenvalue weighted by Crippen LogP contribution is -2.10. The van der Waals surface area contributed by atoms with Crippen molar-refractivity contribution in [3.05, 3.63) is 59.6 Å². The smallest absolute Gasteiger partial charge is 0.417 e. The van der Waals surface area contributed by atoms with Gasteiger partial charge in [-0.05, 0) is 36.4 Å². The van der Waals surface area contributed by atoms with Crippen LogP contribution in [0.3, 0.4) is 0 Å². The highest BCUT2D eigenvalue weighted by Crippen LogP contribution is 2.44. The Morgan fingerprint density at radius 3 is 2.20 bits per heavy atom. The summed E-state index contributed by atoms with van der Waals surface area (Å²) >= 11 is 5.67. The van der Waals surface area contributed by atoms with Crippen LogP contribution < -0.4 is 9.26 Å². The first-order valence-electron chi connectivity index (χ1n) is 5.53. The molecule has 1 atom stereocenters. The van der Waals surface area contributed by atoms with Gasteiger partial charge in [0.1, 0.15) is 11.5 Å². The first kappa shape index (κ1) is 14.6. The Morgan fingerprint density at radius 1 is 1.00 bits per heavy atom. The average Bonchev–Trinajstić information content (AvgIpc) is 2.42. The van der Waals surface area contributed by atoms with Crippen LogP contribution in [0.5, 0.6) is 11.5 Å². The fourth-order valence-electron chi connectivity index (χ4n) is 1.32.